The second kappa shape index (κ2) is 6.29. The Labute approximate surface area is 139 Å². The molecule has 1 aromatic rings. The molecule has 126 valence electrons. The Hall–Kier alpha value is -1.33. The third kappa shape index (κ3) is 3.78. The van der Waals surface area contributed by atoms with Crippen molar-refractivity contribution < 1.29 is 18.8 Å². The Kier molecular flexibility index (Phi) is 4.93. The van der Waals surface area contributed by atoms with Crippen LogP contribution in [0.2, 0.25) is 0 Å². The topological polar surface area (TPSA) is 44.8 Å². The molecule has 1 heterocycles. The lowest BCUT2D eigenvalue weighted by Gasteiger charge is -2.32. The van der Waals surface area contributed by atoms with Crippen LogP contribution in [-0.2, 0) is 14.0 Å². The summed E-state index contributed by atoms with van der Waals surface area (Å²) in [5, 5.41) is 0. The number of benzene rings is 1. The second-order valence-electron chi connectivity index (χ2n) is 7.65. The van der Waals surface area contributed by atoms with Crippen molar-refractivity contribution in [1.82, 2.24) is 0 Å². The molecule has 0 unspecified atom stereocenters. The largest absolute Gasteiger partial charge is 0.494 e. The molecule has 0 spiro atoms. The highest BCUT2D eigenvalue weighted by atomic mass is 16.7. The van der Waals surface area contributed by atoms with E-state index in [2.05, 4.69) is 0 Å². The van der Waals surface area contributed by atoms with E-state index < -0.39 is 7.12 Å². The van der Waals surface area contributed by atoms with Gasteiger partial charge in [-0.25, -0.2) is 4.79 Å². The summed E-state index contributed by atoms with van der Waals surface area (Å²) in [4.78, 5) is 12.1. The summed E-state index contributed by atoms with van der Waals surface area (Å²) in [6.07, 6.45) is 0. The Morgan fingerprint density at radius 3 is 2.22 bits per heavy atom. The number of hydrogen-bond acceptors (Lipinski definition) is 4. The van der Waals surface area contributed by atoms with Gasteiger partial charge in [0.25, 0.3) is 0 Å². The zero-order chi connectivity index (χ0) is 17.4. The predicted molar refractivity (Wildman–Crippen MR) is 92.0 cm³/mol. The van der Waals surface area contributed by atoms with Gasteiger partial charge in [-0.2, -0.15) is 0 Å². The van der Waals surface area contributed by atoms with Crippen molar-refractivity contribution in [3.05, 3.63) is 29.3 Å². The standard InChI is InChI=1S/C18H27BO4/c1-12(2)11-21-16(20)15-9-8-14(10-13(15)3)19-22-17(4,5)18(6,7)23-19/h8-10,12H,11H2,1-7H3. The molecule has 4 nitrogen and oxygen atoms in total. The third-order valence-electron chi connectivity index (χ3n) is 4.54. The summed E-state index contributed by atoms with van der Waals surface area (Å²) in [5.41, 5.74) is 1.62. The summed E-state index contributed by atoms with van der Waals surface area (Å²) in [6.45, 7) is 14.5. The first-order valence-electron chi connectivity index (χ1n) is 8.17. The number of carbonyl (C=O) groups is 1. The minimum absolute atomic E-state index is 0.281. The van der Waals surface area contributed by atoms with Crippen molar-refractivity contribution in [3.8, 4) is 0 Å². The number of ether oxygens (including phenoxy) is 1. The van der Waals surface area contributed by atoms with Gasteiger partial charge < -0.3 is 14.0 Å². The second-order valence-corrected chi connectivity index (χ2v) is 7.65. The molecule has 1 aliphatic heterocycles. The van der Waals surface area contributed by atoms with E-state index in [-0.39, 0.29) is 17.2 Å². The van der Waals surface area contributed by atoms with Crippen LogP contribution in [-0.4, -0.2) is 30.9 Å². The van der Waals surface area contributed by atoms with E-state index in [1.54, 1.807) is 6.07 Å². The fourth-order valence-electron chi connectivity index (χ4n) is 2.36. The monoisotopic (exact) mass is 318 g/mol. The maximum Gasteiger partial charge on any atom is 0.494 e. The van der Waals surface area contributed by atoms with E-state index in [9.17, 15) is 4.79 Å². The van der Waals surface area contributed by atoms with Crippen LogP contribution in [0.5, 0.6) is 0 Å². The molecule has 0 bridgehead atoms. The van der Waals surface area contributed by atoms with Gasteiger partial charge in [-0.05, 0) is 57.6 Å². The average molecular weight is 318 g/mol. The van der Waals surface area contributed by atoms with Crippen molar-refractivity contribution >= 4 is 18.6 Å². The predicted octanol–water partition coefficient (Wildman–Crippen LogP) is 3.11. The van der Waals surface area contributed by atoms with Crippen LogP contribution in [0.15, 0.2) is 18.2 Å². The molecular weight excluding hydrogens is 291 g/mol. The Bertz CT molecular complexity index is 577. The molecule has 23 heavy (non-hydrogen) atoms. The molecule has 5 heteroatoms. The molecule has 0 aliphatic carbocycles. The molecule has 1 aliphatic rings. The highest BCUT2D eigenvalue weighted by molar-refractivity contribution is 6.62. The molecular formula is C18H27BO4. The minimum atomic E-state index is -0.417. The van der Waals surface area contributed by atoms with Crippen molar-refractivity contribution in [2.45, 2.75) is 59.7 Å². The van der Waals surface area contributed by atoms with Crippen molar-refractivity contribution in [1.29, 1.82) is 0 Å². The first kappa shape index (κ1) is 18.0. The lowest BCUT2D eigenvalue weighted by Crippen LogP contribution is -2.41. The highest BCUT2D eigenvalue weighted by Crippen LogP contribution is 2.36. The SMILES string of the molecule is Cc1cc(B2OC(C)(C)C(C)(C)O2)ccc1C(=O)OCC(C)C. The van der Waals surface area contributed by atoms with Crippen LogP contribution in [0.1, 0.15) is 57.5 Å². The molecule has 1 aromatic carbocycles. The maximum atomic E-state index is 12.1. The van der Waals surface area contributed by atoms with Crippen LogP contribution in [0, 0.1) is 12.8 Å². The Morgan fingerprint density at radius 1 is 1.17 bits per heavy atom. The van der Waals surface area contributed by atoms with Gasteiger partial charge in [0.05, 0.1) is 23.4 Å². The Morgan fingerprint density at radius 2 is 1.74 bits per heavy atom. The molecule has 0 atom stereocenters. The van der Waals surface area contributed by atoms with Gasteiger partial charge in [0.2, 0.25) is 0 Å². The molecule has 0 N–H and O–H groups in total. The minimum Gasteiger partial charge on any atom is -0.462 e. The van der Waals surface area contributed by atoms with Crippen LogP contribution in [0.25, 0.3) is 0 Å². The van der Waals surface area contributed by atoms with Crippen LogP contribution in [0.4, 0.5) is 0 Å². The van der Waals surface area contributed by atoms with Gasteiger partial charge in [0, 0.05) is 0 Å². The fourth-order valence-corrected chi connectivity index (χ4v) is 2.36. The highest BCUT2D eigenvalue weighted by Gasteiger charge is 2.51. The number of carbonyl (C=O) groups excluding carboxylic acids is 1. The molecule has 0 amide bonds. The molecule has 0 aromatic heterocycles. The lowest BCUT2D eigenvalue weighted by molar-refractivity contribution is 0.00578. The van der Waals surface area contributed by atoms with Gasteiger partial charge in [0.15, 0.2) is 0 Å². The first-order valence-corrected chi connectivity index (χ1v) is 8.17. The number of hydrogen-bond donors (Lipinski definition) is 0. The van der Waals surface area contributed by atoms with Crippen molar-refractivity contribution in [3.63, 3.8) is 0 Å². The number of esters is 1. The van der Waals surface area contributed by atoms with E-state index in [0.717, 1.165) is 11.0 Å². The van der Waals surface area contributed by atoms with E-state index in [0.29, 0.717) is 18.1 Å². The third-order valence-corrected chi connectivity index (χ3v) is 4.54. The summed E-state index contributed by atoms with van der Waals surface area (Å²) in [5.74, 6) is 0.0416. The van der Waals surface area contributed by atoms with Crippen molar-refractivity contribution in [2.24, 2.45) is 5.92 Å². The van der Waals surface area contributed by atoms with Crippen LogP contribution < -0.4 is 5.46 Å². The van der Waals surface area contributed by atoms with E-state index in [1.165, 1.54) is 0 Å². The molecule has 2 rings (SSSR count). The van der Waals surface area contributed by atoms with E-state index in [4.69, 9.17) is 14.0 Å². The molecule has 0 saturated carbocycles. The average Bonchev–Trinajstić information content (AvgIpc) is 2.64. The maximum absolute atomic E-state index is 12.1. The molecule has 1 fully saturated rings. The summed E-state index contributed by atoms with van der Waals surface area (Å²) >= 11 is 0. The molecule has 0 radical (unpaired) electrons. The zero-order valence-corrected chi connectivity index (χ0v) is 15.2. The summed E-state index contributed by atoms with van der Waals surface area (Å²) in [7, 11) is -0.417. The van der Waals surface area contributed by atoms with Crippen LogP contribution >= 0.6 is 0 Å². The smallest absolute Gasteiger partial charge is 0.462 e. The van der Waals surface area contributed by atoms with Gasteiger partial charge in [-0.3, -0.25) is 0 Å². The van der Waals surface area contributed by atoms with Crippen molar-refractivity contribution in [2.75, 3.05) is 6.61 Å². The first-order chi connectivity index (χ1) is 10.5. The van der Waals surface area contributed by atoms with Gasteiger partial charge in [0.1, 0.15) is 0 Å². The zero-order valence-electron chi connectivity index (χ0n) is 15.2. The van der Waals surface area contributed by atoms with E-state index >= 15 is 0 Å². The van der Waals surface area contributed by atoms with Crippen LogP contribution in [0.3, 0.4) is 0 Å². The van der Waals surface area contributed by atoms with Gasteiger partial charge >= 0.3 is 13.1 Å². The lowest BCUT2D eigenvalue weighted by atomic mass is 9.78. The van der Waals surface area contributed by atoms with Gasteiger partial charge in [-0.15, -0.1) is 0 Å². The summed E-state index contributed by atoms with van der Waals surface area (Å²) in [6, 6.07) is 5.60. The summed E-state index contributed by atoms with van der Waals surface area (Å²) < 4.78 is 17.4. The number of rotatable bonds is 4. The van der Waals surface area contributed by atoms with Gasteiger partial charge in [-0.1, -0.05) is 26.0 Å². The van der Waals surface area contributed by atoms with E-state index in [1.807, 2.05) is 60.6 Å². The molecule has 1 saturated heterocycles. The normalized spacial score (nSPS) is 19.2. The number of aryl methyl sites for hydroxylation is 1. The fraction of sp³-hybridized carbons (Fsp3) is 0.611. The quantitative estimate of drug-likeness (QED) is 0.632. The Balaban J connectivity index is 2.16.